The van der Waals surface area contributed by atoms with Gasteiger partial charge in [-0.15, -0.1) is 12.4 Å². The van der Waals surface area contributed by atoms with E-state index in [0.717, 1.165) is 6.42 Å². The molecule has 0 aliphatic rings. The highest BCUT2D eigenvalue weighted by Gasteiger charge is 2.00. The van der Waals surface area contributed by atoms with Crippen molar-refractivity contribution in [3.05, 3.63) is 34.9 Å². The van der Waals surface area contributed by atoms with Gasteiger partial charge in [0.2, 0.25) is 0 Å². The topological polar surface area (TPSA) is 26.0 Å². The number of benzene rings is 1. The summed E-state index contributed by atoms with van der Waals surface area (Å²) in [6.07, 6.45) is 0.978. The Morgan fingerprint density at radius 3 is 2.38 bits per heavy atom. The fourth-order valence-electron chi connectivity index (χ4n) is 1.42. The van der Waals surface area contributed by atoms with E-state index in [1.54, 1.807) is 0 Å². The third kappa shape index (κ3) is 3.79. The Labute approximate surface area is 86.7 Å². The minimum atomic E-state index is 0. The average Bonchev–Trinajstić information content (AvgIpc) is 1.94. The summed E-state index contributed by atoms with van der Waals surface area (Å²) in [5.41, 5.74) is 9.78. The lowest BCUT2D eigenvalue weighted by atomic mass is 10.0. The van der Waals surface area contributed by atoms with Gasteiger partial charge in [0, 0.05) is 6.04 Å². The Balaban J connectivity index is 0.00000144. The van der Waals surface area contributed by atoms with Gasteiger partial charge in [0.25, 0.3) is 0 Å². The second-order valence-corrected chi connectivity index (χ2v) is 3.61. The van der Waals surface area contributed by atoms with Crippen molar-refractivity contribution in [2.24, 2.45) is 5.73 Å². The summed E-state index contributed by atoms with van der Waals surface area (Å²) in [4.78, 5) is 0. The molecule has 0 amide bonds. The van der Waals surface area contributed by atoms with E-state index < -0.39 is 0 Å². The zero-order valence-electron chi connectivity index (χ0n) is 8.50. The molecule has 0 spiro atoms. The first-order valence-electron chi connectivity index (χ1n) is 4.41. The van der Waals surface area contributed by atoms with Crippen LogP contribution in [0.3, 0.4) is 0 Å². The van der Waals surface area contributed by atoms with Crippen molar-refractivity contribution in [2.75, 3.05) is 0 Å². The van der Waals surface area contributed by atoms with Crippen molar-refractivity contribution >= 4 is 12.4 Å². The molecule has 0 saturated carbocycles. The summed E-state index contributed by atoms with van der Waals surface area (Å²) >= 11 is 0. The zero-order chi connectivity index (χ0) is 9.14. The van der Waals surface area contributed by atoms with Crippen molar-refractivity contribution in [1.29, 1.82) is 0 Å². The molecule has 0 aliphatic carbocycles. The molecular weight excluding hydrogens is 182 g/mol. The highest BCUT2D eigenvalue weighted by atomic mass is 35.5. The second-order valence-electron chi connectivity index (χ2n) is 3.61. The van der Waals surface area contributed by atoms with Crippen LogP contribution in [-0.4, -0.2) is 6.04 Å². The normalized spacial score (nSPS) is 12.0. The maximum absolute atomic E-state index is 5.73. The van der Waals surface area contributed by atoms with Crippen LogP contribution in [0.2, 0.25) is 0 Å². The minimum Gasteiger partial charge on any atom is -0.328 e. The molecule has 0 saturated heterocycles. The largest absolute Gasteiger partial charge is 0.328 e. The van der Waals surface area contributed by atoms with E-state index in [2.05, 4.69) is 32.0 Å². The highest BCUT2D eigenvalue weighted by molar-refractivity contribution is 5.85. The average molecular weight is 200 g/mol. The van der Waals surface area contributed by atoms with E-state index in [0.29, 0.717) is 0 Å². The van der Waals surface area contributed by atoms with E-state index in [9.17, 15) is 0 Å². The van der Waals surface area contributed by atoms with Crippen molar-refractivity contribution in [3.63, 3.8) is 0 Å². The maximum atomic E-state index is 5.73. The van der Waals surface area contributed by atoms with Crippen molar-refractivity contribution in [1.82, 2.24) is 0 Å². The zero-order valence-corrected chi connectivity index (χ0v) is 9.32. The predicted octanol–water partition coefficient (Wildman–Crippen LogP) is 2.61. The molecule has 1 aromatic rings. The first-order valence-corrected chi connectivity index (χ1v) is 4.41. The molecule has 0 radical (unpaired) electrons. The fourth-order valence-corrected chi connectivity index (χ4v) is 1.42. The number of nitrogens with two attached hydrogens (primary N) is 1. The van der Waals surface area contributed by atoms with Gasteiger partial charge < -0.3 is 5.73 Å². The Kier molecular flexibility index (Phi) is 5.04. The van der Waals surface area contributed by atoms with Gasteiger partial charge in [0.1, 0.15) is 0 Å². The van der Waals surface area contributed by atoms with Crippen LogP contribution >= 0.6 is 12.4 Å². The smallest absolute Gasteiger partial charge is 0.00510 e. The first-order chi connectivity index (χ1) is 5.59. The first kappa shape index (κ1) is 12.5. The van der Waals surface area contributed by atoms with E-state index in [1.165, 1.54) is 16.7 Å². The fraction of sp³-hybridized carbons (Fsp3) is 0.455. The molecule has 0 aromatic heterocycles. The number of hydrogen-bond acceptors (Lipinski definition) is 1. The van der Waals surface area contributed by atoms with Gasteiger partial charge >= 0.3 is 0 Å². The number of hydrogen-bond donors (Lipinski definition) is 1. The van der Waals surface area contributed by atoms with Crippen molar-refractivity contribution < 1.29 is 0 Å². The molecule has 1 aromatic carbocycles. The Morgan fingerprint density at radius 1 is 1.31 bits per heavy atom. The van der Waals surface area contributed by atoms with Gasteiger partial charge in [0.05, 0.1) is 0 Å². The highest BCUT2D eigenvalue weighted by Crippen LogP contribution is 2.11. The maximum Gasteiger partial charge on any atom is 0.00510 e. The Hall–Kier alpha value is -0.530. The van der Waals surface area contributed by atoms with E-state index in [4.69, 9.17) is 5.73 Å². The van der Waals surface area contributed by atoms with Crippen LogP contribution in [0, 0.1) is 13.8 Å². The quantitative estimate of drug-likeness (QED) is 0.779. The van der Waals surface area contributed by atoms with Gasteiger partial charge in [-0.3, -0.25) is 0 Å². The van der Waals surface area contributed by atoms with E-state index in [-0.39, 0.29) is 18.4 Å². The van der Waals surface area contributed by atoms with E-state index >= 15 is 0 Å². The lowest BCUT2D eigenvalue weighted by Crippen LogP contribution is -2.18. The van der Waals surface area contributed by atoms with Gasteiger partial charge in [-0.25, -0.2) is 0 Å². The number of rotatable bonds is 2. The van der Waals surface area contributed by atoms with Gasteiger partial charge in [-0.05, 0) is 38.3 Å². The molecule has 0 fully saturated rings. The van der Waals surface area contributed by atoms with Crippen LogP contribution in [0.15, 0.2) is 18.2 Å². The van der Waals surface area contributed by atoms with Crippen LogP contribution in [-0.2, 0) is 6.42 Å². The molecule has 74 valence electrons. The molecule has 2 N–H and O–H groups in total. The monoisotopic (exact) mass is 199 g/mol. The van der Waals surface area contributed by atoms with Crippen LogP contribution < -0.4 is 5.73 Å². The van der Waals surface area contributed by atoms with Gasteiger partial charge in [-0.1, -0.05) is 23.8 Å². The molecular formula is C11H18ClN. The van der Waals surface area contributed by atoms with Crippen molar-refractivity contribution in [2.45, 2.75) is 33.2 Å². The molecule has 1 nitrogen and oxygen atoms in total. The Morgan fingerprint density at radius 2 is 1.92 bits per heavy atom. The third-order valence-electron chi connectivity index (χ3n) is 2.04. The predicted molar refractivity (Wildman–Crippen MR) is 60.5 cm³/mol. The summed E-state index contributed by atoms with van der Waals surface area (Å²) in [5.74, 6) is 0. The van der Waals surface area contributed by atoms with Gasteiger partial charge in [0.15, 0.2) is 0 Å². The summed E-state index contributed by atoms with van der Waals surface area (Å²) in [6, 6.07) is 6.78. The van der Waals surface area contributed by atoms with Crippen molar-refractivity contribution in [3.8, 4) is 0 Å². The molecule has 2 heteroatoms. The summed E-state index contributed by atoms with van der Waals surface area (Å²) in [7, 11) is 0. The molecule has 1 atom stereocenters. The minimum absolute atomic E-state index is 0. The van der Waals surface area contributed by atoms with Crippen LogP contribution in [0.4, 0.5) is 0 Å². The number of aryl methyl sites for hydroxylation is 2. The standard InChI is InChI=1S/C11H17N.ClH/c1-8-4-5-11(7-10(3)12)9(2)6-8;/h4-6,10H,7,12H2,1-3H3;1H. The SMILES string of the molecule is Cc1ccc(CC(C)N)c(C)c1.Cl. The third-order valence-corrected chi connectivity index (χ3v) is 2.04. The van der Waals surface area contributed by atoms with Crippen LogP contribution in [0.1, 0.15) is 23.6 Å². The van der Waals surface area contributed by atoms with E-state index in [1.807, 2.05) is 6.92 Å². The molecule has 0 aliphatic heterocycles. The molecule has 13 heavy (non-hydrogen) atoms. The molecule has 0 bridgehead atoms. The lowest BCUT2D eigenvalue weighted by molar-refractivity contribution is 0.734. The lowest BCUT2D eigenvalue weighted by Gasteiger charge is -2.08. The summed E-state index contributed by atoms with van der Waals surface area (Å²) in [5, 5.41) is 0. The summed E-state index contributed by atoms with van der Waals surface area (Å²) in [6.45, 7) is 6.30. The van der Waals surface area contributed by atoms with Crippen LogP contribution in [0.5, 0.6) is 0 Å². The molecule has 1 rings (SSSR count). The summed E-state index contributed by atoms with van der Waals surface area (Å²) < 4.78 is 0. The number of halogens is 1. The van der Waals surface area contributed by atoms with Crippen LogP contribution in [0.25, 0.3) is 0 Å². The Bertz CT molecular complexity index is 269. The molecule has 0 heterocycles. The van der Waals surface area contributed by atoms with Gasteiger partial charge in [-0.2, -0.15) is 0 Å². The molecule has 1 unspecified atom stereocenters. The second kappa shape index (κ2) is 5.25.